The van der Waals surface area contributed by atoms with Crippen LogP contribution in [0.4, 0.5) is 0 Å². The number of nitrogens with one attached hydrogen (secondary N) is 1. The smallest absolute Gasteiger partial charge is 0.281 e. The summed E-state index contributed by atoms with van der Waals surface area (Å²) in [5, 5.41) is 8.46. The van der Waals surface area contributed by atoms with Crippen LogP contribution < -0.4 is 0 Å². The lowest BCUT2D eigenvalue weighted by molar-refractivity contribution is -0.0760. The first-order valence-electron chi connectivity index (χ1n) is 8.55. The summed E-state index contributed by atoms with van der Waals surface area (Å²) in [7, 11) is 3.01. The third-order valence-corrected chi connectivity index (χ3v) is 5.03. The number of hydrogen-bond acceptors (Lipinski definition) is 5. The molecule has 0 unspecified atom stereocenters. The van der Waals surface area contributed by atoms with Gasteiger partial charge in [0.25, 0.3) is 5.91 Å². The number of rotatable bonds is 4. The van der Waals surface area contributed by atoms with E-state index in [1.165, 1.54) is 7.11 Å². The Bertz CT molecular complexity index is 943. The van der Waals surface area contributed by atoms with Crippen molar-refractivity contribution in [1.82, 2.24) is 25.2 Å². The fourth-order valence-corrected chi connectivity index (χ4v) is 3.52. The second kappa shape index (κ2) is 6.77. The van der Waals surface area contributed by atoms with Gasteiger partial charge in [0, 0.05) is 54.9 Å². The largest absolute Gasteiger partial charge is 0.298 e. The molecular formula is C20H19N5O2. The maximum Gasteiger partial charge on any atom is 0.298 e. The molecule has 27 heavy (non-hydrogen) atoms. The summed E-state index contributed by atoms with van der Waals surface area (Å²) in [6.07, 6.45) is 11.9. The van der Waals surface area contributed by atoms with Gasteiger partial charge in [-0.2, -0.15) is 5.10 Å². The molecule has 4 rings (SSSR count). The van der Waals surface area contributed by atoms with Crippen molar-refractivity contribution in [2.45, 2.75) is 11.8 Å². The van der Waals surface area contributed by atoms with Crippen LogP contribution in [0.1, 0.15) is 32.9 Å². The number of amides is 1. The van der Waals surface area contributed by atoms with Crippen molar-refractivity contribution in [3.8, 4) is 0 Å². The third kappa shape index (κ3) is 2.82. The number of hydrogen-bond donors (Lipinski definition) is 1. The number of pyridine rings is 2. The molecule has 7 heteroatoms. The van der Waals surface area contributed by atoms with Gasteiger partial charge in [0.2, 0.25) is 0 Å². The highest BCUT2D eigenvalue weighted by atomic mass is 16.7. The van der Waals surface area contributed by atoms with Crippen molar-refractivity contribution in [3.05, 3.63) is 83.2 Å². The van der Waals surface area contributed by atoms with E-state index in [2.05, 4.69) is 26.2 Å². The molecule has 0 fully saturated rings. The van der Waals surface area contributed by atoms with Gasteiger partial charge in [-0.1, -0.05) is 12.2 Å². The molecule has 136 valence electrons. The molecule has 3 heterocycles. The van der Waals surface area contributed by atoms with Crippen LogP contribution >= 0.6 is 0 Å². The van der Waals surface area contributed by atoms with Crippen LogP contribution in [0, 0.1) is 0 Å². The van der Waals surface area contributed by atoms with Gasteiger partial charge in [-0.15, -0.1) is 0 Å². The molecule has 1 N–H and O–H groups in total. The minimum atomic E-state index is -0.390. The summed E-state index contributed by atoms with van der Waals surface area (Å²) in [5.41, 5.74) is 3.88. The zero-order valence-electron chi connectivity index (χ0n) is 15.1. The Hall–Kier alpha value is -3.32. The molecule has 7 nitrogen and oxygen atoms in total. The van der Waals surface area contributed by atoms with Gasteiger partial charge >= 0.3 is 0 Å². The quantitative estimate of drug-likeness (QED) is 0.722. The summed E-state index contributed by atoms with van der Waals surface area (Å²) in [5.74, 6) is -0.292. The van der Waals surface area contributed by atoms with Gasteiger partial charge in [0.1, 0.15) is 0 Å². The average molecular weight is 361 g/mol. The maximum atomic E-state index is 12.5. The first-order valence-corrected chi connectivity index (χ1v) is 8.55. The molecule has 0 spiro atoms. The highest BCUT2D eigenvalue weighted by Gasteiger charge is 2.37. The topological polar surface area (TPSA) is 84.0 Å². The van der Waals surface area contributed by atoms with Crippen molar-refractivity contribution in [1.29, 1.82) is 0 Å². The van der Waals surface area contributed by atoms with Crippen molar-refractivity contribution in [2.24, 2.45) is 0 Å². The Morgan fingerprint density at radius 2 is 1.70 bits per heavy atom. The van der Waals surface area contributed by atoms with Crippen LogP contribution in [0.5, 0.6) is 0 Å². The molecule has 1 aliphatic rings. The molecule has 0 saturated heterocycles. The molecule has 0 atom stereocenters. The molecule has 0 bridgehead atoms. The number of aromatic nitrogens is 4. The van der Waals surface area contributed by atoms with E-state index < -0.39 is 0 Å². The number of fused-ring (bicyclic) bond motifs is 1. The Balaban J connectivity index is 1.82. The van der Waals surface area contributed by atoms with Gasteiger partial charge in [-0.05, 0) is 35.4 Å². The van der Waals surface area contributed by atoms with E-state index >= 15 is 0 Å². The minimum Gasteiger partial charge on any atom is -0.281 e. The Kier molecular flexibility index (Phi) is 4.29. The first kappa shape index (κ1) is 17.1. The first-order chi connectivity index (χ1) is 13.2. The summed E-state index contributed by atoms with van der Waals surface area (Å²) in [6.45, 7) is 0. The Labute approximate surface area is 156 Å². The number of carbonyl (C=O) groups is 1. The van der Waals surface area contributed by atoms with Crippen LogP contribution in [-0.4, -0.2) is 45.3 Å². The molecule has 3 aromatic rings. The standard InChI is InChI=1S/C20H19N5O2/c1-25(27-2)19(26)18-16-3-8-20(13-17(16)23-24-18,14-4-9-21-10-5-14)15-6-11-22-12-7-15/h3-12H,13H2,1-2H3,(H,23,24). The number of hydroxylamine groups is 2. The molecule has 0 radical (unpaired) electrons. The number of nitrogens with zero attached hydrogens (tertiary/aromatic N) is 4. The predicted molar refractivity (Wildman–Crippen MR) is 99.7 cm³/mol. The summed E-state index contributed by atoms with van der Waals surface area (Å²) in [6, 6.07) is 8.04. The van der Waals surface area contributed by atoms with Crippen molar-refractivity contribution >= 4 is 12.0 Å². The molecule has 1 aliphatic carbocycles. The van der Waals surface area contributed by atoms with E-state index in [0.29, 0.717) is 12.1 Å². The lowest BCUT2D eigenvalue weighted by Gasteiger charge is -2.34. The number of allylic oxidation sites excluding steroid dienone is 1. The van der Waals surface area contributed by atoms with Crippen LogP contribution in [0.25, 0.3) is 6.08 Å². The fraction of sp³-hybridized carbons (Fsp3) is 0.200. The highest BCUT2D eigenvalue weighted by Crippen LogP contribution is 2.41. The summed E-state index contributed by atoms with van der Waals surface area (Å²) < 4.78 is 0. The van der Waals surface area contributed by atoms with Crippen molar-refractivity contribution in [3.63, 3.8) is 0 Å². The van der Waals surface area contributed by atoms with E-state index in [9.17, 15) is 4.79 Å². The zero-order chi connectivity index (χ0) is 18.9. The van der Waals surface area contributed by atoms with E-state index in [4.69, 9.17) is 4.84 Å². The van der Waals surface area contributed by atoms with Crippen LogP contribution in [0.3, 0.4) is 0 Å². The second-order valence-electron chi connectivity index (χ2n) is 6.40. The Morgan fingerprint density at radius 1 is 1.11 bits per heavy atom. The molecule has 3 aromatic heterocycles. The number of aromatic amines is 1. The highest BCUT2D eigenvalue weighted by molar-refractivity contribution is 5.96. The maximum absolute atomic E-state index is 12.5. The lowest BCUT2D eigenvalue weighted by Crippen LogP contribution is -2.31. The van der Waals surface area contributed by atoms with Gasteiger partial charge < -0.3 is 0 Å². The van der Waals surface area contributed by atoms with Crippen LogP contribution in [0.2, 0.25) is 0 Å². The van der Waals surface area contributed by atoms with Gasteiger partial charge in [-0.3, -0.25) is 24.7 Å². The fourth-order valence-electron chi connectivity index (χ4n) is 3.52. The molecule has 0 saturated carbocycles. The zero-order valence-corrected chi connectivity index (χ0v) is 15.1. The molecular weight excluding hydrogens is 342 g/mol. The minimum absolute atomic E-state index is 0.292. The van der Waals surface area contributed by atoms with Gasteiger partial charge in [-0.25, -0.2) is 5.06 Å². The van der Waals surface area contributed by atoms with E-state index in [1.54, 1.807) is 31.8 Å². The summed E-state index contributed by atoms with van der Waals surface area (Å²) in [4.78, 5) is 25.8. The third-order valence-electron chi connectivity index (χ3n) is 5.03. The van der Waals surface area contributed by atoms with E-state index in [0.717, 1.165) is 27.4 Å². The van der Waals surface area contributed by atoms with Gasteiger partial charge in [0.15, 0.2) is 5.69 Å². The van der Waals surface area contributed by atoms with E-state index in [1.807, 2.05) is 30.3 Å². The normalized spacial score (nSPS) is 14.6. The van der Waals surface area contributed by atoms with Crippen molar-refractivity contribution in [2.75, 3.05) is 14.2 Å². The van der Waals surface area contributed by atoms with E-state index in [-0.39, 0.29) is 11.3 Å². The van der Waals surface area contributed by atoms with Crippen LogP contribution in [-0.2, 0) is 16.7 Å². The SMILES string of the molecule is CON(C)C(=O)c1n[nH]c2c1C=CC(c1ccncc1)(c1ccncc1)C2. The predicted octanol–water partition coefficient (Wildman–Crippen LogP) is 2.39. The second-order valence-corrected chi connectivity index (χ2v) is 6.40. The monoisotopic (exact) mass is 361 g/mol. The summed E-state index contributed by atoms with van der Waals surface area (Å²) >= 11 is 0. The molecule has 1 amide bonds. The molecule has 0 aromatic carbocycles. The average Bonchev–Trinajstić information content (AvgIpc) is 3.16. The number of carbonyl (C=O) groups excluding carboxylic acids is 1. The van der Waals surface area contributed by atoms with Crippen molar-refractivity contribution < 1.29 is 9.63 Å². The molecule has 0 aliphatic heterocycles. The lowest BCUT2D eigenvalue weighted by atomic mass is 9.69. The van der Waals surface area contributed by atoms with Gasteiger partial charge in [0.05, 0.1) is 7.11 Å². The van der Waals surface area contributed by atoms with Crippen LogP contribution in [0.15, 0.2) is 55.1 Å². The Morgan fingerprint density at radius 3 is 2.26 bits per heavy atom. The number of H-pyrrole nitrogens is 1.